The zero-order valence-corrected chi connectivity index (χ0v) is 12.3. The van der Waals surface area contributed by atoms with Crippen molar-refractivity contribution < 1.29 is 4.79 Å². The number of anilines is 1. The minimum absolute atomic E-state index is 0.313. The van der Waals surface area contributed by atoms with Gasteiger partial charge >= 0.3 is 0 Å². The summed E-state index contributed by atoms with van der Waals surface area (Å²) in [5.41, 5.74) is 1.51. The van der Waals surface area contributed by atoms with E-state index < -0.39 is 0 Å². The molecule has 7 heteroatoms. The highest BCUT2D eigenvalue weighted by Gasteiger charge is 2.15. The topological polar surface area (TPSA) is 57.8 Å². The Morgan fingerprint density at radius 3 is 2.50 bits per heavy atom. The van der Waals surface area contributed by atoms with Crippen molar-refractivity contribution in [2.24, 2.45) is 0 Å². The van der Waals surface area contributed by atoms with Crippen LogP contribution in [0.1, 0.15) is 16.1 Å². The van der Waals surface area contributed by atoms with Crippen LogP contribution in [0, 0.1) is 6.92 Å². The number of carbonyl (C=O) groups excluding carboxylic acids is 1. The van der Waals surface area contributed by atoms with E-state index in [1.165, 1.54) is 6.20 Å². The molecular weight excluding hydrogens is 341 g/mol. The first-order valence-electron chi connectivity index (χ1n) is 4.95. The fourth-order valence-corrected chi connectivity index (χ4v) is 2.73. The van der Waals surface area contributed by atoms with Gasteiger partial charge in [0.15, 0.2) is 0 Å². The van der Waals surface area contributed by atoms with Crippen LogP contribution < -0.4 is 5.32 Å². The molecule has 0 aliphatic heterocycles. The van der Waals surface area contributed by atoms with Gasteiger partial charge in [0, 0.05) is 10.2 Å². The lowest BCUT2D eigenvalue weighted by Crippen LogP contribution is -2.13. The van der Waals surface area contributed by atoms with Crippen LogP contribution in [-0.2, 0) is 0 Å². The average Bonchev–Trinajstić information content (AvgIpc) is 2.69. The summed E-state index contributed by atoms with van der Waals surface area (Å²) < 4.78 is 0.745. The maximum atomic E-state index is 12.0. The lowest BCUT2D eigenvalue weighted by atomic mass is 10.2. The van der Waals surface area contributed by atoms with Gasteiger partial charge in [0.2, 0.25) is 0 Å². The molecule has 1 amide bonds. The van der Waals surface area contributed by atoms with Crippen molar-refractivity contribution in [1.29, 1.82) is 0 Å². The van der Waals surface area contributed by atoms with Gasteiger partial charge < -0.3 is 5.32 Å². The molecule has 2 N–H and O–H groups in total. The smallest absolute Gasteiger partial charge is 0.259 e. The largest absolute Gasteiger partial charge is 0.319 e. The van der Waals surface area contributed by atoms with Crippen LogP contribution >= 0.6 is 39.1 Å². The molecule has 0 atom stereocenters. The van der Waals surface area contributed by atoms with E-state index in [9.17, 15) is 4.79 Å². The quantitative estimate of drug-likeness (QED) is 0.860. The fraction of sp³-hybridized carbons (Fsp3) is 0.0909. The first-order valence-corrected chi connectivity index (χ1v) is 6.50. The number of aromatic amines is 1. The predicted molar refractivity (Wildman–Crippen MR) is 75.4 cm³/mol. The van der Waals surface area contributed by atoms with E-state index in [-0.39, 0.29) is 5.91 Å². The SMILES string of the molecule is Cc1[nH]ncc1C(=O)Nc1c(Cl)cc(Br)cc1Cl. The van der Waals surface area contributed by atoms with Gasteiger partial charge in [-0.25, -0.2) is 0 Å². The third-order valence-electron chi connectivity index (χ3n) is 2.32. The summed E-state index contributed by atoms with van der Waals surface area (Å²) in [7, 11) is 0. The minimum Gasteiger partial charge on any atom is -0.319 e. The standard InChI is InChI=1S/C11H8BrCl2N3O/c1-5-7(4-15-17-5)11(18)16-10-8(13)2-6(12)3-9(10)14/h2-4H,1H3,(H,15,17)(H,16,18). The molecule has 1 aromatic heterocycles. The molecule has 0 fully saturated rings. The number of benzene rings is 1. The van der Waals surface area contributed by atoms with E-state index >= 15 is 0 Å². The van der Waals surface area contributed by atoms with Crippen molar-refractivity contribution >= 4 is 50.7 Å². The van der Waals surface area contributed by atoms with Crippen molar-refractivity contribution in [1.82, 2.24) is 10.2 Å². The summed E-state index contributed by atoms with van der Waals surface area (Å²) >= 11 is 15.3. The number of carbonyl (C=O) groups is 1. The van der Waals surface area contributed by atoms with Crippen LogP contribution in [-0.4, -0.2) is 16.1 Å². The first-order chi connectivity index (χ1) is 8.49. The molecule has 0 saturated heterocycles. The number of H-pyrrole nitrogens is 1. The van der Waals surface area contributed by atoms with Crippen molar-refractivity contribution in [2.75, 3.05) is 5.32 Å². The van der Waals surface area contributed by atoms with Gasteiger partial charge in [-0.3, -0.25) is 9.89 Å². The van der Waals surface area contributed by atoms with E-state index in [0.717, 1.165) is 4.47 Å². The number of nitrogens with zero attached hydrogens (tertiary/aromatic N) is 1. The van der Waals surface area contributed by atoms with Gasteiger partial charge in [0.25, 0.3) is 5.91 Å². The van der Waals surface area contributed by atoms with Crippen LogP contribution in [0.25, 0.3) is 0 Å². The summed E-state index contributed by atoms with van der Waals surface area (Å²) in [6.07, 6.45) is 1.45. The van der Waals surface area contributed by atoms with Gasteiger partial charge in [-0.2, -0.15) is 5.10 Å². The Labute approximate surface area is 122 Å². The van der Waals surface area contributed by atoms with Crippen LogP contribution in [0.4, 0.5) is 5.69 Å². The monoisotopic (exact) mass is 347 g/mol. The van der Waals surface area contributed by atoms with E-state index in [4.69, 9.17) is 23.2 Å². The number of aryl methyl sites for hydroxylation is 1. The van der Waals surface area contributed by atoms with E-state index in [1.54, 1.807) is 19.1 Å². The van der Waals surface area contributed by atoms with Crippen LogP contribution in [0.15, 0.2) is 22.8 Å². The molecule has 18 heavy (non-hydrogen) atoms. The number of amides is 1. The molecule has 0 saturated carbocycles. The zero-order chi connectivity index (χ0) is 13.3. The first kappa shape index (κ1) is 13.4. The molecule has 2 aromatic rings. The summed E-state index contributed by atoms with van der Waals surface area (Å²) in [6.45, 7) is 1.76. The Kier molecular flexibility index (Phi) is 3.94. The lowest BCUT2D eigenvalue weighted by Gasteiger charge is -2.09. The maximum absolute atomic E-state index is 12.0. The number of hydrogen-bond donors (Lipinski definition) is 2. The number of halogens is 3. The van der Waals surface area contributed by atoms with Crippen molar-refractivity contribution in [3.05, 3.63) is 44.1 Å². The molecule has 0 aliphatic rings. The van der Waals surface area contributed by atoms with Crippen LogP contribution in [0.5, 0.6) is 0 Å². The van der Waals surface area contributed by atoms with Crippen molar-refractivity contribution in [2.45, 2.75) is 6.92 Å². The second kappa shape index (κ2) is 5.30. The molecule has 0 bridgehead atoms. The summed E-state index contributed by atoms with van der Waals surface area (Å²) in [6, 6.07) is 3.32. The van der Waals surface area contributed by atoms with Gasteiger partial charge in [-0.1, -0.05) is 39.1 Å². The van der Waals surface area contributed by atoms with Crippen LogP contribution in [0.3, 0.4) is 0 Å². The third-order valence-corrected chi connectivity index (χ3v) is 3.37. The lowest BCUT2D eigenvalue weighted by molar-refractivity contribution is 0.102. The van der Waals surface area contributed by atoms with E-state index in [0.29, 0.717) is 27.0 Å². The Morgan fingerprint density at radius 1 is 1.39 bits per heavy atom. The summed E-state index contributed by atoms with van der Waals surface area (Å²) in [5.74, 6) is -0.313. The molecular formula is C11H8BrCl2N3O. The summed E-state index contributed by atoms with van der Waals surface area (Å²) in [5, 5.41) is 9.87. The minimum atomic E-state index is -0.313. The van der Waals surface area contributed by atoms with Gasteiger partial charge in [0.05, 0.1) is 27.5 Å². The molecule has 0 radical (unpaired) electrons. The summed E-state index contributed by atoms with van der Waals surface area (Å²) in [4.78, 5) is 12.0. The average molecular weight is 349 g/mol. The third kappa shape index (κ3) is 2.68. The van der Waals surface area contributed by atoms with Crippen LogP contribution in [0.2, 0.25) is 10.0 Å². The second-order valence-electron chi connectivity index (χ2n) is 3.61. The Bertz CT molecular complexity index is 589. The number of hydrogen-bond acceptors (Lipinski definition) is 2. The molecule has 2 rings (SSSR count). The van der Waals surface area contributed by atoms with Gasteiger partial charge in [-0.15, -0.1) is 0 Å². The highest BCUT2D eigenvalue weighted by Crippen LogP contribution is 2.34. The van der Waals surface area contributed by atoms with Gasteiger partial charge in [0.1, 0.15) is 0 Å². The second-order valence-corrected chi connectivity index (χ2v) is 5.34. The highest BCUT2D eigenvalue weighted by molar-refractivity contribution is 9.10. The highest BCUT2D eigenvalue weighted by atomic mass is 79.9. The normalized spacial score (nSPS) is 10.4. The maximum Gasteiger partial charge on any atom is 0.259 e. The molecule has 0 unspecified atom stereocenters. The number of aromatic nitrogens is 2. The predicted octanol–water partition coefficient (Wildman–Crippen LogP) is 4.04. The number of rotatable bonds is 2. The molecule has 1 heterocycles. The van der Waals surface area contributed by atoms with Crippen molar-refractivity contribution in [3.63, 3.8) is 0 Å². The Hall–Kier alpha value is -1.04. The molecule has 94 valence electrons. The van der Waals surface area contributed by atoms with Crippen molar-refractivity contribution in [3.8, 4) is 0 Å². The molecule has 1 aromatic carbocycles. The molecule has 0 spiro atoms. The van der Waals surface area contributed by atoms with Gasteiger partial charge in [-0.05, 0) is 19.1 Å². The Balaban J connectivity index is 2.31. The molecule has 4 nitrogen and oxygen atoms in total. The fourth-order valence-electron chi connectivity index (χ4n) is 1.42. The zero-order valence-electron chi connectivity index (χ0n) is 9.22. The number of nitrogens with one attached hydrogen (secondary N) is 2. The van der Waals surface area contributed by atoms with E-state index in [1.807, 2.05) is 0 Å². The molecule has 0 aliphatic carbocycles. The Morgan fingerprint density at radius 2 is 2.00 bits per heavy atom. The van der Waals surface area contributed by atoms with E-state index in [2.05, 4.69) is 31.4 Å².